The summed E-state index contributed by atoms with van der Waals surface area (Å²) >= 11 is 0. The first-order valence-electron chi connectivity index (χ1n) is 13.9. The zero-order valence-corrected chi connectivity index (χ0v) is 23.4. The van der Waals surface area contributed by atoms with E-state index in [4.69, 9.17) is 9.97 Å². The molecule has 0 aliphatic carbocycles. The summed E-state index contributed by atoms with van der Waals surface area (Å²) < 4.78 is 3.43. The lowest BCUT2D eigenvalue weighted by Gasteiger charge is -2.14. The van der Waals surface area contributed by atoms with Gasteiger partial charge in [-0.2, -0.15) is 0 Å². The van der Waals surface area contributed by atoms with Crippen LogP contribution in [0.4, 0.5) is 0 Å². The fraction of sp³-hybridized carbons (Fsp3) is 0.0541. The van der Waals surface area contributed by atoms with Crippen molar-refractivity contribution in [1.29, 1.82) is 0 Å². The van der Waals surface area contributed by atoms with Gasteiger partial charge in [-0.05, 0) is 47.0 Å². The van der Waals surface area contributed by atoms with E-state index in [0.29, 0.717) is 5.82 Å². The van der Waals surface area contributed by atoms with E-state index in [1.807, 2.05) is 80.8 Å². The van der Waals surface area contributed by atoms with Crippen LogP contribution in [0.25, 0.3) is 67.2 Å². The number of fused-ring (bicyclic) bond motifs is 1. The monoisotopic (exact) mass is 544 g/mol. The number of hydrogen-bond acceptors (Lipinski definition) is 3. The molecular weight excluding hydrogens is 516 g/mol. The number of benzene rings is 5. The molecule has 2 heterocycles. The summed E-state index contributed by atoms with van der Waals surface area (Å²) in [5.41, 5.74) is 10.6. The van der Waals surface area contributed by atoms with Crippen molar-refractivity contribution in [2.24, 2.45) is 14.1 Å². The molecule has 7 rings (SSSR count). The van der Waals surface area contributed by atoms with Crippen LogP contribution in [0.5, 0.6) is 0 Å². The average molecular weight is 545 g/mol. The fourth-order valence-corrected chi connectivity index (χ4v) is 5.61. The van der Waals surface area contributed by atoms with Gasteiger partial charge in [-0.3, -0.25) is 9.13 Å². The Kier molecular flexibility index (Phi) is 6.32. The molecule has 42 heavy (non-hydrogen) atoms. The normalized spacial score (nSPS) is 11.2. The van der Waals surface area contributed by atoms with Crippen LogP contribution < -0.4 is 5.69 Å². The van der Waals surface area contributed by atoms with Gasteiger partial charge in [0.15, 0.2) is 5.82 Å². The molecule has 0 atom stereocenters. The third kappa shape index (κ3) is 4.51. The standard InChI is InChI=1S/C37H28N4O/c1-40-34-20-12-19-31(35(34)41(2)37(40)42)29-21-28(25-13-6-3-7-14-25)22-30(23-29)33-24-32(26-15-8-4-9-16-26)38-36(39-33)27-17-10-5-11-18-27/h3-24H,1-2H3. The van der Waals surface area contributed by atoms with Crippen LogP contribution in [0, 0.1) is 0 Å². The quantitative estimate of drug-likeness (QED) is 0.221. The van der Waals surface area contributed by atoms with Crippen molar-refractivity contribution < 1.29 is 0 Å². The van der Waals surface area contributed by atoms with Crippen molar-refractivity contribution in [3.63, 3.8) is 0 Å². The Balaban J connectivity index is 1.51. The second-order valence-electron chi connectivity index (χ2n) is 10.4. The molecule has 0 N–H and O–H groups in total. The Morgan fingerprint density at radius 3 is 1.69 bits per heavy atom. The highest BCUT2D eigenvalue weighted by atomic mass is 16.1. The van der Waals surface area contributed by atoms with Crippen molar-refractivity contribution >= 4 is 11.0 Å². The van der Waals surface area contributed by atoms with Gasteiger partial charge in [0.25, 0.3) is 0 Å². The largest absolute Gasteiger partial charge is 0.328 e. The van der Waals surface area contributed by atoms with Crippen molar-refractivity contribution in [3.8, 4) is 56.2 Å². The topological polar surface area (TPSA) is 52.7 Å². The van der Waals surface area contributed by atoms with E-state index in [1.54, 1.807) is 9.13 Å². The van der Waals surface area contributed by atoms with Gasteiger partial charge in [0, 0.05) is 36.3 Å². The highest BCUT2D eigenvalue weighted by molar-refractivity contribution is 5.95. The van der Waals surface area contributed by atoms with Crippen LogP contribution in [0.1, 0.15) is 0 Å². The van der Waals surface area contributed by atoms with E-state index >= 15 is 0 Å². The molecule has 0 saturated heterocycles. The van der Waals surface area contributed by atoms with E-state index in [9.17, 15) is 4.79 Å². The fourth-order valence-electron chi connectivity index (χ4n) is 5.61. The third-order valence-electron chi connectivity index (χ3n) is 7.76. The summed E-state index contributed by atoms with van der Waals surface area (Å²) in [5.74, 6) is 0.672. The maximum atomic E-state index is 12.9. The number of aromatic nitrogens is 4. The van der Waals surface area contributed by atoms with E-state index in [-0.39, 0.29) is 5.69 Å². The van der Waals surface area contributed by atoms with Crippen LogP contribution >= 0.6 is 0 Å². The summed E-state index contributed by atoms with van der Waals surface area (Å²) in [4.78, 5) is 23.0. The van der Waals surface area contributed by atoms with Crippen LogP contribution in [0.2, 0.25) is 0 Å². The minimum atomic E-state index is -0.0484. The molecule has 0 saturated carbocycles. The Labute approximate surface area is 244 Å². The summed E-state index contributed by atoms with van der Waals surface area (Å²) in [5, 5.41) is 0. The Morgan fingerprint density at radius 2 is 1.02 bits per heavy atom. The number of aryl methyl sites for hydroxylation is 2. The molecule has 0 aliphatic rings. The Hall–Kier alpha value is -5.55. The first kappa shape index (κ1) is 25.4. The molecule has 0 spiro atoms. The molecule has 0 aliphatic heterocycles. The smallest absolute Gasteiger partial charge is 0.295 e. The molecule has 5 heteroatoms. The zero-order valence-electron chi connectivity index (χ0n) is 23.4. The second-order valence-corrected chi connectivity index (χ2v) is 10.4. The second kappa shape index (κ2) is 10.5. The van der Waals surface area contributed by atoms with Gasteiger partial charge in [0.2, 0.25) is 0 Å². The number of nitrogens with zero attached hydrogens (tertiary/aromatic N) is 4. The van der Waals surface area contributed by atoms with Crippen molar-refractivity contribution in [1.82, 2.24) is 19.1 Å². The highest BCUT2D eigenvalue weighted by Crippen LogP contribution is 2.36. The minimum Gasteiger partial charge on any atom is -0.295 e. The molecule has 2 aromatic heterocycles. The first-order chi connectivity index (χ1) is 20.6. The van der Waals surface area contributed by atoms with Crippen LogP contribution in [-0.2, 0) is 14.1 Å². The maximum Gasteiger partial charge on any atom is 0.328 e. The predicted octanol–water partition coefficient (Wildman–Crippen LogP) is 8.00. The van der Waals surface area contributed by atoms with Crippen LogP contribution in [-0.4, -0.2) is 19.1 Å². The molecule has 0 amide bonds. The first-order valence-corrected chi connectivity index (χ1v) is 13.9. The van der Waals surface area contributed by atoms with Crippen molar-refractivity contribution in [2.75, 3.05) is 0 Å². The van der Waals surface area contributed by atoms with Gasteiger partial charge in [-0.1, -0.05) is 103 Å². The van der Waals surface area contributed by atoms with Crippen LogP contribution in [0.15, 0.2) is 138 Å². The summed E-state index contributed by atoms with van der Waals surface area (Å²) in [6.45, 7) is 0. The molecule has 202 valence electrons. The van der Waals surface area contributed by atoms with E-state index in [2.05, 4.69) is 66.7 Å². The molecular formula is C37H28N4O. The SMILES string of the molecule is Cn1c(=O)n(C)c2c(-c3cc(-c4ccccc4)cc(-c4cc(-c5ccccc5)nc(-c5ccccc5)n4)c3)cccc21. The number of rotatable bonds is 5. The van der Waals surface area contributed by atoms with Gasteiger partial charge in [-0.15, -0.1) is 0 Å². The van der Waals surface area contributed by atoms with Gasteiger partial charge in [-0.25, -0.2) is 14.8 Å². The van der Waals surface area contributed by atoms with Gasteiger partial charge < -0.3 is 0 Å². The van der Waals surface area contributed by atoms with Gasteiger partial charge in [0.05, 0.1) is 22.4 Å². The number of para-hydroxylation sites is 1. The maximum absolute atomic E-state index is 12.9. The molecule has 0 unspecified atom stereocenters. The van der Waals surface area contributed by atoms with E-state index in [0.717, 1.165) is 61.4 Å². The molecule has 0 radical (unpaired) electrons. The summed E-state index contributed by atoms with van der Waals surface area (Å²) in [6.07, 6.45) is 0. The average Bonchev–Trinajstić information content (AvgIpc) is 3.29. The lowest BCUT2D eigenvalue weighted by molar-refractivity contribution is 0.795. The molecule has 5 aromatic carbocycles. The molecule has 7 aromatic rings. The lowest BCUT2D eigenvalue weighted by atomic mass is 9.94. The van der Waals surface area contributed by atoms with Gasteiger partial charge >= 0.3 is 5.69 Å². The summed E-state index contributed by atoms with van der Waals surface area (Å²) in [7, 11) is 3.65. The van der Waals surface area contributed by atoms with E-state index < -0.39 is 0 Å². The van der Waals surface area contributed by atoms with Crippen LogP contribution in [0.3, 0.4) is 0 Å². The lowest BCUT2D eigenvalue weighted by Crippen LogP contribution is -2.19. The predicted molar refractivity (Wildman–Crippen MR) is 171 cm³/mol. The molecule has 5 nitrogen and oxygen atoms in total. The molecule has 0 fully saturated rings. The minimum absolute atomic E-state index is 0.0484. The number of hydrogen-bond donors (Lipinski definition) is 0. The molecule has 0 bridgehead atoms. The zero-order chi connectivity index (χ0) is 28.6. The van der Waals surface area contributed by atoms with Crippen molar-refractivity contribution in [3.05, 3.63) is 144 Å². The third-order valence-corrected chi connectivity index (χ3v) is 7.76. The van der Waals surface area contributed by atoms with Crippen molar-refractivity contribution in [2.45, 2.75) is 0 Å². The highest BCUT2D eigenvalue weighted by Gasteiger charge is 2.17. The van der Waals surface area contributed by atoms with E-state index in [1.165, 1.54) is 0 Å². The Morgan fingerprint density at radius 1 is 0.476 bits per heavy atom. The Bertz CT molecular complexity index is 2050. The van der Waals surface area contributed by atoms with Gasteiger partial charge in [0.1, 0.15) is 0 Å². The number of imidazole rings is 1. The summed E-state index contributed by atoms with van der Waals surface area (Å²) in [6, 6.07) is 45.4.